The summed E-state index contributed by atoms with van der Waals surface area (Å²) < 4.78 is 33.3. The lowest BCUT2D eigenvalue weighted by Gasteiger charge is -2.36. The highest BCUT2D eigenvalue weighted by molar-refractivity contribution is 7.92. The minimum atomic E-state index is -3.59. The van der Waals surface area contributed by atoms with Gasteiger partial charge in [-0.2, -0.15) is 5.26 Å². The standard InChI is InChI=1S/C27H29N3O4S/c1-27(2)21-14-24(34-18-7-9-30(3)10-8-18)23(29-35(4,32)33)13-20(21)26(31)25-19-6-5-16(15-28)11-17(19)12-22(25)27/h5-6,11,13-14,18,29H,7-10,12H2,1-4H3. The molecule has 35 heavy (non-hydrogen) atoms. The first-order chi connectivity index (χ1) is 16.5. The average molecular weight is 492 g/mol. The molecule has 0 bridgehead atoms. The predicted octanol–water partition coefficient (Wildman–Crippen LogP) is 3.89. The van der Waals surface area contributed by atoms with Crippen molar-refractivity contribution < 1.29 is 17.9 Å². The molecule has 0 aromatic heterocycles. The van der Waals surface area contributed by atoms with Crippen LogP contribution in [0.1, 0.15) is 59.3 Å². The number of sulfonamides is 1. The van der Waals surface area contributed by atoms with Crippen molar-refractivity contribution in [2.45, 2.75) is 44.6 Å². The Morgan fingerprint density at radius 2 is 1.86 bits per heavy atom. The van der Waals surface area contributed by atoms with Crippen molar-refractivity contribution in [3.63, 3.8) is 0 Å². The number of nitrogens with zero attached hydrogens (tertiary/aromatic N) is 2. The normalized spacial score (nSPS) is 19.6. The summed E-state index contributed by atoms with van der Waals surface area (Å²) in [5.41, 5.74) is 5.21. The number of nitrogens with one attached hydrogen (secondary N) is 1. The van der Waals surface area contributed by atoms with Gasteiger partial charge in [-0.3, -0.25) is 9.52 Å². The van der Waals surface area contributed by atoms with Gasteiger partial charge in [-0.1, -0.05) is 19.9 Å². The topological polar surface area (TPSA) is 99.5 Å². The van der Waals surface area contributed by atoms with E-state index in [1.54, 1.807) is 12.1 Å². The highest BCUT2D eigenvalue weighted by Crippen LogP contribution is 2.51. The van der Waals surface area contributed by atoms with Crippen molar-refractivity contribution in [2.24, 2.45) is 0 Å². The summed E-state index contributed by atoms with van der Waals surface area (Å²) in [5.74, 6) is 0.330. The van der Waals surface area contributed by atoms with Crippen LogP contribution in [-0.4, -0.2) is 51.6 Å². The minimum Gasteiger partial charge on any atom is -0.488 e. The molecule has 1 aliphatic heterocycles. The maximum Gasteiger partial charge on any atom is 0.229 e. The Morgan fingerprint density at radius 1 is 1.14 bits per heavy atom. The van der Waals surface area contributed by atoms with Crippen LogP contribution in [-0.2, 0) is 21.9 Å². The fourth-order valence-corrected chi connectivity index (χ4v) is 6.09. The van der Waals surface area contributed by atoms with Crippen molar-refractivity contribution >= 4 is 27.1 Å². The van der Waals surface area contributed by atoms with E-state index in [1.807, 2.05) is 18.2 Å². The molecule has 1 heterocycles. The van der Waals surface area contributed by atoms with E-state index < -0.39 is 15.4 Å². The summed E-state index contributed by atoms with van der Waals surface area (Å²) in [6, 6.07) is 11.1. The van der Waals surface area contributed by atoms with Crippen LogP contribution in [0.5, 0.6) is 5.75 Å². The molecule has 182 valence electrons. The molecule has 2 aromatic rings. The number of hydrogen-bond acceptors (Lipinski definition) is 6. The van der Waals surface area contributed by atoms with Crippen LogP contribution in [0.2, 0.25) is 0 Å². The molecule has 2 aliphatic carbocycles. The molecular weight excluding hydrogens is 462 g/mol. The van der Waals surface area contributed by atoms with Crippen molar-refractivity contribution in [3.8, 4) is 11.8 Å². The number of fused-ring (bicyclic) bond motifs is 3. The number of piperidine rings is 1. The van der Waals surface area contributed by atoms with E-state index in [9.17, 15) is 18.5 Å². The SMILES string of the molecule is CN1CCC(Oc2cc3c(cc2NS(C)(=O)=O)C(=O)C2=C(Cc4cc(C#N)ccc42)C3(C)C)CC1. The quantitative estimate of drug-likeness (QED) is 0.697. The number of carbonyl (C=O) groups excluding carboxylic acids is 1. The molecule has 2 aromatic carbocycles. The molecule has 0 saturated carbocycles. The minimum absolute atomic E-state index is 0.0262. The number of benzene rings is 2. The summed E-state index contributed by atoms with van der Waals surface area (Å²) in [6.07, 6.45) is 3.37. The predicted molar refractivity (Wildman–Crippen MR) is 135 cm³/mol. The Labute approximate surface area is 206 Å². The van der Waals surface area contributed by atoms with Gasteiger partial charge in [0, 0.05) is 29.6 Å². The summed E-state index contributed by atoms with van der Waals surface area (Å²) in [4.78, 5) is 16.1. The monoisotopic (exact) mass is 491 g/mol. The molecule has 0 unspecified atom stereocenters. The van der Waals surface area contributed by atoms with Gasteiger partial charge >= 0.3 is 0 Å². The Morgan fingerprint density at radius 3 is 2.51 bits per heavy atom. The van der Waals surface area contributed by atoms with Crippen molar-refractivity contribution in [1.82, 2.24) is 4.90 Å². The molecular formula is C27H29N3O4S. The first-order valence-electron chi connectivity index (χ1n) is 11.8. The number of allylic oxidation sites excluding steroid dienone is 2. The molecule has 1 saturated heterocycles. The fourth-order valence-electron chi connectivity index (χ4n) is 5.53. The Hall–Kier alpha value is -3.15. The third-order valence-corrected chi connectivity index (χ3v) is 8.04. The first kappa shape index (κ1) is 23.6. The second-order valence-electron chi connectivity index (χ2n) is 10.4. The number of ether oxygens (including phenoxy) is 1. The summed E-state index contributed by atoms with van der Waals surface area (Å²) in [6.45, 7) is 6.00. The summed E-state index contributed by atoms with van der Waals surface area (Å²) in [7, 11) is -1.51. The van der Waals surface area contributed by atoms with Gasteiger partial charge in [-0.15, -0.1) is 0 Å². The zero-order chi connectivity index (χ0) is 25.1. The first-order valence-corrected chi connectivity index (χ1v) is 13.7. The number of nitriles is 1. The molecule has 0 amide bonds. The van der Waals surface area contributed by atoms with Gasteiger partial charge in [-0.25, -0.2) is 8.42 Å². The molecule has 8 heteroatoms. The van der Waals surface area contributed by atoms with E-state index in [-0.39, 0.29) is 17.6 Å². The number of likely N-dealkylation sites (tertiary alicyclic amines) is 1. The molecule has 1 N–H and O–H groups in total. The van der Waals surface area contributed by atoms with Crippen molar-refractivity contribution in [3.05, 3.63) is 63.7 Å². The fraction of sp³-hybridized carbons (Fsp3) is 0.407. The molecule has 1 fully saturated rings. The molecule has 0 spiro atoms. The van der Waals surface area contributed by atoms with Gasteiger partial charge in [0.05, 0.1) is 23.6 Å². The number of Topliss-reactive ketones (excluding diaryl/α,β-unsaturated/α-hetero) is 1. The van der Waals surface area contributed by atoms with Crippen LogP contribution in [0.25, 0.3) is 5.57 Å². The zero-order valence-electron chi connectivity index (χ0n) is 20.4. The number of anilines is 1. The van der Waals surface area contributed by atoms with E-state index in [0.29, 0.717) is 28.9 Å². The largest absolute Gasteiger partial charge is 0.488 e. The van der Waals surface area contributed by atoms with Crippen LogP contribution in [0.4, 0.5) is 5.69 Å². The molecule has 0 radical (unpaired) electrons. The van der Waals surface area contributed by atoms with Crippen LogP contribution in [0, 0.1) is 11.3 Å². The van der Waals surface area contributed by atoms with Crippen LogP contribution in [0.15, 0.2) is 35.9 Å². The average Bonchev–Trinajstić information content (AvgIpc) is 3.19. The van der Waals surface area contributed by atoms with Gasteiger partial charge in [-0.05, 0) is 72.8 Å². The van der Waals surface area contributed by atoms with E-state index in [4.69, 9.17) is 4.74 Å². The van der Waals surface area contributed by atoms with Gasteiger partial charge in [0.15, 0.2) is 5.78 Å². The molecule has 5 rings (SSSR count). The number of carbonyl (C=O) groups is 1. The van der Waals surface area contributed by atoms with E-state index in [1.165, 1.54) is 0 Å². The van der Waals surface area contributed by atoms with Crippen molar-refractivity contribution in [2.75, 3.05) is 31.1 Å². The second kappa shape index (κ2) is 8.21. The molecule has 3 aliphatic rings. The lowest BCUT2D eigenvalue weighted by Crippen LogP contribution is -2.36. The lowest BCUT2D eigenvalue weighted by atomic mass is 9.68. The molecule has 0 atom stereocenters. The van der Waals surface area contributed by atoms with E-state index in [2.05, 4.69) is 36.6 Å². The van der Waals surface area contributed by atoms with E-state index in [0.717, 1.165) is 54.5 Å². The maximum atomic E-state index is 13.8. The van der Waals surface area contributed by atoms with Crippen LogP contribution >= 0.6 is 0 Å². The smallest absolute Gasteiger partial charge is 0.229 e. The Balaban J connectivity index is 1.61. The summed E-state index contributed by atoms with van der Waals surface area (Å²) >= 11 is 0. The molecule has 7 nitrogen and oxygen atoms in total. The van der Waals surface area contributed by atoms with Gasteiger partial charge in [0.1, 0.15) is 11.9 Å². The van der Waals surface area contributed by atoms with Crippen molar-refractivity contribution in [1.29, 1.82) is 5.26 Å². The number of hydrogen-bond donors (Lipinski definition) is 1. The lowest BCUT2D eigenvalue weighted by molar-refractivity contribution is 0.105. The summed E-state index contributed by atoms with van der Waals surface area (Å²) in [5, 5.41) is 9.32. The Bertz CT molecular complexity index is 1430. The highest BCUT2D eigenvalue weighted by atomic mass is 32.2. The van der Waals surface area contributed by atoms with Gasteiger partial charge < -0.3 is 9.64 Å². The highest BCUT2D eigenvalue weighted by Gasteiger charge is 2.43. The van der Waals surface area contributed by atoms with Crippen LogP contribution in [0.3, 0.4) is 0 Å². The number of rotatable bonds is 4. The maximum absolute atomic E-state index is 13.8. The van der Waals surface area contributed by atoms with Gasteiger partial charge in [0.2, 0.25) is 10.0 Å². The third kappa shape index (κ3) is 4.13. The van der Waals surface area contributed by atoms with E-state index >= 15 is 0 Å². The Kier molecular flexibility index (Phi) is 5.53. The number of ketones is 1. The second-order valence-corrected chi connectivity index (χ2v) is 12.1. The zero-order valence-corrected chi connectivity index (χ0v) is 21.3. The van der Waals surface area contributed by atoms with Gasteiger partial charge in [0.25, 0.3) is 0 Å². The third-order valence-electron chi connectivity index (χ3n) is 7.45. The van der Waals surface area contributed by atoms with Crippen LogP contribution < -0.4 is 9.46 Å².